The van der Waals surface area contributed by atoms with Gasteiger partial charge in [-0.05, 0) is 53.9 Å². The first-order valence-electron chi connectivity index (χ1n) is 9.72. The van der Waals surface area contributed by atoms with Gasteiger partial charge >= 0.3 is 0 Å². The smallest absolute Gasteiger partial charge is 0.261 e. The van der Waals surface area contributed by atoms with E-state index in [1.54, 1.807) is 18.3 Å². The summed E-state index contributed by atoms with van der Waals surface area (Å²) in [6.07, 6.45) is 1.97. The summed E-state index contributed by atoms with van der Waals surface area (Å²) in [6.45, 7) is 2.70. The van der Waals surface area contributed by atoms with Gasteiger partial charge in [0, 0.05) is 33.6 Å². The first-order valence-corrected chi connectivity index (χ1v) is 10.1. The van der Waals surface area contributed by atoms with Gasteiger partial charge in [-0.15, -0.1) is 0 Å². The number of nitrogens with zero attached hydrogens (tertiary/aromatic N) is 3. The van der Waals surface area contributed by atoms with Crippen molar-refractivity contribution in [1.29, 1.82) is 0 Å². The molecule has 5 nitrogen and oxygen atoms in total. The van der Waals surface area contributed by atoms with Gasteiger partial charge in [0.05, 0.1) is 25.2 Å². The zero-order chi connectivity index (χ0) is 20.8. The Labute approximate surface area is 179 Å². The molecule has 0 spiro atoms. The Kier molecular flexibility index (Phi) is 4.48. The molecule has 0 radical (unpaired) electrons. The SMILES string of the molecule is Cc1cc(C2=NCc3cc4c(cc32)C(=O)N(Cc2cccc(Cl)c2)C(=O)C4)ccn1. The fourth-order valence-corrected chi connectivity index (χ4v) is 4.29. The van der Waals surface area contributed by atoms with Crippen LogP contribution in [0.2, 0.25) is 5.02 Å². The topological polar surface area (TPSA) is 62.6 Å². The highest BCUT2D eigenvalue weighted by Crippen LogP contribution is 2.30. The Morgan fingerprint density at radius 2 is 1.90 bits per heavy atom. The Bertz CT molecular complexity index is 1250. The fourth-order valence-electron chi connectivity index (χ4n) is 4.08. The number of fused-ring (bicyclic) bond motifs is 2. The highest BCUT2D eigenvalue weighted by Gasteiger charge is 2.33. The molecule has 148 valence electrons. The van der Waals surface area contributed by atoms with Crippen LogP contribution in [-0.2, 0) is 24.3 Å². The average molecular weight is 416 g/mol. The van der Waals surface area contributed by atoms with Crippen molar-refractivity contribution in [1.82, 2.24) is 9.88 Å². The van der Waals surface area contributed by atoms with Crippen LogP contribution in [0.4, 0.5) is 0 Å². The van der Waals surface area contributed by atoms with Crippen LogP contribution >= 0.6 is 11.6 Å². The Balaban J connectivity index is 1.51. The quantitative estimate of drug-likeness (QED) is 0.604. The number of pyridine rings is 1. The van der Waals surface area contributed by atoms with E-state index in [9.17, 15) is 9.59 Å². The number of halogens is 1. The van der Waals surface area contributed by atoms with Gasteiger partial charge in [-0.1, -0.05) is 29.8 Å². The molecule has 2 aliphatic rings. The molecule has 2 aromatic carbocycles. The van der Waals surface area contributed by atoms with Gasteiger partial charge in [0.15, 0.2) is 0 Å². The summed E-state index contributed by atoms with van der Waals surface area (Å²) >= 11 is 6.06. The maximum atomic E-state index is 13.2. The van der Waals surface area contributed by atoms with Crippen molar-refractivity contribution in [3.63, 3.8) is 0 Å². The second-order valence-electron chi connectivity index (χ2n) is 7.61. The number of aryl methyl sites for hydroxylation is 1. The first-order chi connectivity index (χ1) is 14.5. The maximum absolute atomic E-state index is 13.2. The summed E-state index contributed by atoms with van der Waals surface area (Å²) in [6, 6.07) is 15.0. The number of hydrogen-bond acceptors (Lipinski definition) is 4. The molecule has 2 aliphatic heterocycles. The van der Waals surface area contributed by atoms with E-state index < -0.39 is 0 Å². The Morgan fingerprint density at radius 3 is 2.70 bits per heavy atom. The molecule has 5 rings (SSSR count). The zero-order valence-corrected chi connectivity index (χ0v) is 17.1. The third kappa shape index (κ3) is 3.21. The molecule has 2 amide bonds. The van der Waals surface area contributed by atoms with Crippen LogP contribution in [-0.4, -0.2) is 27.4 Å². The second kappa shape index (κ2) is 7.18. The first kappa shape index (κ1) is 18.7. The summed E-state index contributed by atoms with van der Waals surface area (Å²) in [5, 5.41) is 0.580. The molecule has 3 aromatic rings. The van der Waals surface area contributed by atoms with Crippen LogP contribution < -0.4 is 0 Å². The molecule has 30 heavy (non-hydrogen) atoms. The fraction of sp³-hybridized carbons (Fsp3) is 0.167. The van der Waals surface area contributed by atoms with Gasteiger partial charge < -0.3 is 0 Å². The van der Waals surface area contributed by atoms with Crippen LogP contribution in [0.15, 0.2) is 59.7 Å². The zero-order valence-electron chi connectivity index (χ0n) is 16.4. The monoisotopic (exact) mass is 415 g/mol. The number of rotatable bonds is 3. The number of carbonyl (C=O) groups excluding carboxylic acids is 2. The van der Waals surface area contributed by atoms with Crippen molar-refractivity contribution in [3.05, 3.63) is 98.8 Å². The van der Waals surface area contributed by atoms with E-state index in [1.165, 1.54) is 4.90 Å². The van der Waals surface area contributed by atoms with Gasteiger partial charge in [0.1, 0.15) is 0 Å². The van der Waals surface area contributed by atoms with Crippen molar-refractivity contribution in [2.45, 2.75) is 26.4 Å². The summed E-state index contributed by atoms with van der Waals surface area (Å²) in [7, 11) is 0. The lowest BCUT2D eigenvalue weighted by Gasteiger charge is -2.27. The third-order valence-electron chi connectivity index (χ3n) is 5.51. The lowest BCUT2D eigenvalue weighted by Crippen LogP contribution is -2.41. The average Bonchev–Trinajstić information content (AvgIpc) is 3.13. The van der Waals surface area contributed by atoms with Gasteiger partial charge in [0.2, 0.25) is 5.91 Å². The van der Waals surface area contributed by atoms with Crippen LogP contribution in [0.5, 0.6) is 0 Å². The summed E-state index contributed by atoms with van der Waals surface area (Å²) in [5.41, 5.74) is 6.91. The number of aliphatic imine (C=N–C) groups is 1. The predicted octanol–water partition coefficient (Wildman–Crippen LogP) is 4.12. The standard InChI is InChI=1S/C24H18ClN3O2/c1-14-7-16(5-6-26-14)23-20-11-21-17(9-18(20)12-27-23)10-22(29)28(24(21)30)13-15-3-2-4-19(25)8-15/h2-9,11H,10,12-13H2,1H3. The lowest BCUT2D eigenvalue weighted by atomic mass is 9.90. The summed E-state index contributed by atoms with van der Waals surface area (Å²) < 4.78 is 0. The number of benzene rings is 2. The molecule has 0 bridgehead atoms. The van der Waals surface area contributed by atoms with Crippen LogP contribution in [0.25, 0.3) is 0 Å². The predicted molar refractivity (Wildman–Crippen MR) is 115 cm³/mol. The number of imide groups is 1. The van der Waals surface area contributed by atoms with Crippen molar-refractivity contribution in [2.75, 3.05) is 0 Å². The molecular formula is C24H18ClN3O2. The molecule has 0 atom stereocenters. The molecular weight excluding hydrogens is 398 g/mol. The summed E-state index contributed by atoms with van der Waals surface area (Å²) in [5.74, 6) is -0.475. The lowest BCUT2D eigenvalue weighted by molar-refractivity contribution is -0.128. The van der Waals surface area contributed by atoms with E-state index in [-0.39, 0.29) is 24.8 Å². The van der Waals surface area contributed by atoms with Crippen molar-refractivity contribution >= 4 is 29.1 Å². The van der Waals surface area contributed by atoms with Gasteiger partial charge in [-0.25, -0.2) is 0 Å². The van der Waals surface area contributed by atoms with Crippen molar-refractivity contribution in [3.8, 4) is 0 Å². The molecule has 0 fully saturated rings. The molecule has 6 heteroatoms. The number of hydrogen-bond donors (Lipinski definition) is 0. The minimum atomic E-state index is -0.277. The minimum absolute atomic E-state index is 0.198. The molecule has 3 heterocycles. The van der Waals surface area contributed by atoms with Crippen LogP contribution in [0.1, 0.15) is 43.9 Å². The van der Waals surface area contributed by atoms with E-state index in [0.29, 0.717) is 17.1 Å². The summed E-state index contributed by atoms with van der Waals surface area (Å²) in [4.78, 5) is 36.2. The molecule has 0 saturated heterocycles. The van der Waals surface area contributed by atoms with E-state index in [4.69, 9.17) is 16.6 Å². The van der Waals surface area contributed by atoms with E-state index in [0.717, 1.165) is 39.2 Å². The van der Waals surface area contributed by atoms with Crippen LogP contribution in [0, 0.1) is 6.92 Å². The molecule has 1 aromatic heterocycles. The number of amides is 2. The second-order valence-corrected chi connectivity index (χ2v) is 8.05. The minimum Gasteiger partial charge on any atom is -0.279 e. The molecule has 0 N–H and O–H groups in total. The van der Waals surface area contributed by atoms with Crippen LogP contribution in [0.3, 0.4) is 0 Å². The van der Waals surface area contributed by atoms with E-state index in [2.05, 4.69) is 4.98 Å². The van der Waals surface area contributed by atoms with Crippen molar-refractivity contribution < 1.29 is 9.59 Å². The highest BCUT2D eigenvalue weighted by atomic mass is 35.5. The molecule has 0 unspecified atom stereocenters. The number of carbonyl (C=O) groups is 2. The van der Waals surface area contributed by atoms with Gasteiger partial charge in [-0.3, -0.25) is 24.5 Å². The highest BCUT2D eigenvalue weighted by molar-refractivity contribution is 6.30. The van der Waals surface area contributed by atoms with E-state index in [1.807, 2.05) is 43.3 Å². The largest absolute Gasteiger partial charge is 0.279 e. The normalized spacial score (nSPS) is 15.1. The maximum Gasteiger partial charge on any atom is 0.261 e. The van der Waals surface area contributed by atoms with Crippen molar-refractivity contribution in [2.24, 2.45) is 4.99 Å². The van der Waals surface area contributed by atoms with Gasteiger partial charge in [0.25, 0.3) is 5.91 Å². The Morgan fingerprint density at radius 1 is 1.03 bits per heavy atom. The Hall–Kier alpha value is -3.31. The van der Waals surface area contributed by atoms with E-state index >= 15 is 0 Å². The molecule has 0 saturated carbocycles. The number of aromatic nitrogens is 1. The molecule has 0 aliphatic carbocycles. The third-order valence-corrected chi connectivity index (χ3v) is 5.74. The van der Waals surface area contributed by atoms with Gasteiger partial charge in [-0.2, -0.15) is 0 Å².